The number of urea groups is 1. The summed E-state index contributed by atoms with van der Waals surface area (Å²) in [5.74, 6) is -0.564. The van der Waals surface area contributed by atoms with Crippen molar-refractivity contribution in [3.8, 4) is 0 Å². The van der Waals surface area contributed by atoms with Crippen LogP contribution in [0.15, 0.2) is 0 Å². The molecule has 0 saturated heterocycles. The fraction of sp³-hybridized carbons (Fsp3) is 0.824. The maximum atomic E-state index is 12.2. The van der Waals surface area contributed by atoms with E-state index in [1.54, 1.807) is 18.9 Å². The summed E-state index contributed by atoms with van der Waals surface area (Å²) in [6.07, 6.45) is 5.35. The van der Waals surface area contributed by atoms with Crippen molar-refractivity contribution in [1.82, 2.24) is 20.9 Å². The van der Waals surface area contributed by atoms with Crippen molar-refractivity contribution < 1.29 is 14.4 Å². The molecule has 3 N–H and O–H groups in total. The van der Waals surface area contributed by atoms with Crippen molar-refractivity contribution in [3.63, 3.8) is 0 Å². The summed E-state index contributed by atoms with van der Waals surface area (Å²) in [5, 5.41) is 8.06. The van der Waals surface area contributed by atoms with Crippen molar-refractivity contribution in [2.24, 2.45) is 0 Å². The lowest BCUT2D eigenvalue weighted by Crippen LogP contribution is -2.53. The average molecular weight is 340 g/mol. The van der Waals surface area contributed by atoms with Crippen LogP contribution in [0, 0.1) is 0 Å². The molecule has 0 aromatic carbocycles. The van der Waals surface area contributed by atoms with Crippen LogP contribution < -0.4 is 16.0 Å². The van der Waals surface area contributed by atoms with Gasteiger partial charge in [0, 0.05) is 11.6 Å². The van der Waals surface area contributed by atoms with Crippen LogP contribution in [0.5, 0.6) is 0 Å². The molecule has 7 heteroatoms. The van der Waals surface area contributed by atoms with Gasteiger partial charge in [0.25, 0.3) is 0 Å². The van der Waals surface area contributed by atoms with Gasteiger partial charge in [0.2, 0.25) is 11.8 Å². The molecular formula is C17H32N4O3. The third-order valence-electron chi connectivity index (χ3n) is 4.13. The largest absolute Gasteiger partial charge is 0.350 e. The average Bonchev–Trinajstić information content (AvgIpc) is 2.45. The maximum absolute atomic E-state index is 12.2. The van der Waals surface area contributed by atoms with Gasteiger partial charge < -0.3 is 10.6 Å². The highest BCUT2D eigenvalue weighted by atomic mass is 16.2. The lowest BCUT2D eigenvalue weighted by atomic mass is 9.96. The van der Waals surface area contributed by atoms with Crippen LogP contribution in [0.2, 0.25) is 0 Å². The first kappa shape index (κ1) is 20.4. The topological polar surface area (TPSA) is 90.5 Å². The summed E-state index contributed by atoms with van der Waals surface area (Å²) in [6.45, 7) is 7.47. The van der Waals surface area contributed by atoms with Gasteiger partial charge in [0.15, 0.2) is 0 Å². The summed E-state index contributed by atoms with van der Waals surface area (Å²) >= 11 is 0. The number of carbonyl (C=O) groups excluding carboxylic acids is 3. The number of hydrogen-bond acceptors (Lipinski definition) is 4. The monoisotopic (exact) mass is 340 g/mol. The van der Waals surface area contributed by atoms with Crippen LogP contribution in [0.4, 0.5) is 4.79 Å². The number of nitrogens with zero attached hydrogens (tertiary/aromatic N) is 1. The summed E-state index contributed by atoms with van der Waals surface area (Å²) in [7, 11) is 1.69. The molecule has 1 aliphatic carbocycles. The van der Waals surface area contributed by atoms with Crippen LogP contribution in [0.25, 0.3) is 0 Å². The molecule has 1 atom stereocenters. The van der Waals surface area contributed by atoms with E-state index in [2.05, 4.69) is 16.0 Å². The van der Waals surface area contributed by atoms with E-state index in [0.29, 0.717) is 0 Å². The molecule has 0 aromatic rings. The Hall–Kier alpha value is -1.63. The van der Waals surface area contributed by atoms with E-state index in [4.69, 9.17) is 0 Å². The highest BCUT2D eigenvalue weighted by Crippen LogP contribution is 2.17. The van der Waals surface area contributed by atoms with Gasteiger partial charge in [-0.1, -0.05) is 19.3 Å². The normalized spacial score (nSPS) is 17.2. The third-order valence-corrected chi connectivity index (χ3v) is 4.13. The molecule has 0 aromatic heterocycles. The van der Waals surface area contributed by atoms with Gasteiger partial charge in [-0.25, -0.2) is 4.79 Å². The van der Waals surface area contributed by atoms with E-state index in [-0.39, 0.29) is 24.0 Å². The fourth-order valence-corrected chi connectivity index (χ4v) is 2.71. The highest BCUT2D eigenvalue weighted by molar-refractivity contribution is 5.97. The van der Waals surface area contributed by atoms with Crippen molar-refractivity contribution >= 4 is 17.8 Å². The Morgan fingerprint density at radius 1 is 1.12 bits per heavy atom. The molecule has 24 heavy (non-hydrogen) atoms. The van der Waals surface area contributed by atoms with E-state index in [1.165, 1.54) is 6.42 Å². The van der Waals surface area contributed by atoms with Crippen LogP contribution in [0.1, 0.15) is 59.8 Å². The van der Waals surface area contributed by atoms with Gasteiger partial charge in [-0.05, 0) is 47.6 Å². The van der Waals surface area contributed by atoms with Crippen molar-refractivity contribution in [2.45, 2.75) is 77.4 Å². The molecule has 138 valence electrons. The molecule has 1 aliphatic rings. The lowest BCUT2D eigenvalue weighted by molar-refractivity contribution is -0.127. The molecule has 1 saturated carbocycles. The quantitative estimate of drug-likeness (QED) is 0.705. The summed E-state index contributed by atoms with van der Waals surface area (Å²) in [4.78, 5) is 37.6. The predicted octanol–water partition coefficient (Wildman–Crippen LogP) is 1.38. The number of carbonyl (C=O) groups is 3. The Balaban J connectivity index is 2.39. The highest BCUT2D eigenvalue weighted by Gasteiger charge is 2.24. The number of nitrogens with one attached hydrogen (secondary N) is 3. The molecule has 1 rings (SSSR count). The standard InChI is InChI=1S/C17H32N4O3/c1-12(21(5)11-14(22)20-17(2,3)4)15(23)19-16(24)18-13-9-7-6-8-10-13/h12-13H,6-11H2,1-5H3,(H,20,22)(H2,18,19,23,24)/t12-/m1/s1. The second kappa shape index (κ2) is 9.01. The van der Waals surface area contributed by atoms with E-state index in [0.717, 1.165) is 25.7 Å². The Bertz CT molecular complexity index is 453. The SMILES string of the molecule is C[C@H](C(=O)NC(=O)NC1CCCCC1)N(C)CC(=O)NC(C)(C)C. The van der Waals surface area contributed by atoms with Gasteiger partial charge in [0.05, 0.1) is 12.6 Å². The van der Waals surface area contributed by atoms with Crippen LogP contribution in [0.3, 0.4) is 0 Å². The molecule has 0 unspecified atom stereocenters. The number of imide groups is 1. The first-order valence-electron chi connectivity index (χ1n) is 8.71. The maximum Gasteiger partial charge on any atom is 0.321 e. The first-order valence-corrected chi connectivity index (χ1v) is 8.71. The fourth-order valence-electron chi connectivity index (χ4n) is 2.71. The number of rotatable bonds is 5. The predicted molar refractivity (Wildman–Crippen MR) is 93.5 cm³/mol. The molecule has 4 amide bonds. The van der Waals surface area contributed by atoms with Crippen LogP contribution >= 0.6 is 0 Å². The number of hydrogen-bond donors (Lipinski definition) is 3. The molecule has 7 nitrogen and oxygen atoms in total. The van der Waals surface area contributed by atoms with Gasteiger partial charge in [-0.3, -0.25) is 19.8 Å². The summed E-state index contributed by atoms with van der Waals surface area (Å²) in [5.41, 5.74) is -0.316. The number of amides is 4. The van der Waals surface area contributed by atoms with Crippen molar-refractivity contribution in [1.29, 1.82) is 0 Å². The second-order valence-corrected chi connectivity index (χ2v) is 7.69. The van der Waals surface area contributed by atoms with Crippen molar-refractivity contribution in [3.05, 3.63) is 0 Å². The summed E-state index contributed by atoms with van der Waals surface area (Å²) in [6, 6.07) is -0.878. The Morgan fingerprint density at radius 3 is 2.25 bits per heavy atom. The molecule has 0 heterocycles. The minimum atomic E-state index is -0.576. The van der Waals surface area contributed by atoms with Crippen molar-refractivity contribution in [2.75, 3.05) is 13.6 Å². The molecule has 0 bridgehead atoms. The minimum Gasteiger partial charge on any atom is -0.350 e. The third kappa shape index (κ3) is 7.77. The zero-order valence-corrected chi connectivity index (χ0v) is 15.6. The molecular weight excluding hydrogens is 308 g/mol. The molecule has 0 radical (unpaired) electrons. The molecule has 0 aliphatic heterocycles. The van der Waals surface area contributed by atoms with E-state index >= 15 is 0 Å². The van der Waals surface area contributed by atoms with Crippen LogP contribution in [-0.4, -0.2) is 54.0 Å². The first-order chi connectivity index (χ1) is 11.1. The Morgan fingerprint density at radius 2 is 1.71 bits per heavy atom. The van der Waals surface area contributed by atoms with E-state index in [9.17, 15) is 14.4 Å². The van der Waals surface area contributed by atoms with Gasteiger partial charge in [-0.15, -0.1) is 0 Å². The van der Waals surface area contributed by atoms with Gasteiger partial charge >= 0.3 is 6.03 Å². The van der Waals surface area contributed by atoms with Gasteiger partial charge in [0.1, 0.15) is 0 Å². The Kier molecular flexibility index (Phi) is 7.66. The number of likely N-dealkylation sites (N-methyl/N-ethyl adjacent to an activating group) is 1. The zero-order chi connectivity index (χ0) is 18.3. The van der Waals surface area contributed by atoms with Crippen LogP contribution in [-0.2, 0) is 9.59 Å². The molecule has 0 spiro atoms. The Labute approximate surface area is 144 Å². The minimum absolute atomic E-state index is 0.0934. The zero-order valence-electron chi connectivity index (χ0n) is 15.6. The van der Waals surface area contributed by atoms with E-state index < -0.39 is 18.0 Å². The van der Waals surface area contributed by atoms with Gasteiger partial charge in [-0.2, -0.15) is 0 Å². The smallest absolute Gasteiger partial charge is 0.321 e. The van der Waals surface area contributed by atoms with E-state index in [1.807, 2.05) is 20.8 Å². The molecule has 1 fully saturated rings. The lowest BCUT2D eigenvalue weighted by Gasteiger charge is -2.27. The second-order valence-electron chi connectivity index (χ2n) is 7.69. The summed E-state index contributed by atoms with van der Waals surface area (Å²) < 4.78 is 0.